The van der Waals surface area contributed by atoms with Crippen LogP contribution in [0.1, 0.15) is 32.6 Å². The molecular formula is C12H19F3N2O. The SMILES string of the molecule is CCN1C2CCC1CN(C(=O)CCC(F)(F)F)C2. The van der Waals surface area contributed by atoms with Crippen LogP contribution in [0.4, 0.5) is 13.2 Å². The van der Waals surface area contributed by atoms with Crippen LogP contribution in [-0.2, 0) is 4.79 Å². The Morgan fingerprint density at radius 2 is 1.78 bits per heavy atom. The Balaban J connectivity index is 1.87. The summed E-state index contributed by atoms with van der Waals surface area (Å²) in [6.07, 6.45) is -3.53. The van der Waals surface area contributed by atoms with Crippen LogP contribution in [0.25, 0.3) is 0 Å². The van der Waals surface area contributed by atoms with Crippen molar-refractivity contribution in [2.24, 2.45) is 0 Å². The number of hydrogen-bond acceptors (Lipinski definition) is 2. The van der Waals surface area contributed by atoms with Crippen LogP contribution < -0.4 is 0 Å². The van der Waals surface area contributed by atoms with E-state index in [1.165, 1.54) is 0 Å². The van der Waals surface area contributed by atoms with Gasteiger partial charge in [-0.15, -0.1) is 0 Å². The minimum atomic E-state index is -4.24. The second kappa shape index (κ2) is 5.07. The lowest BCUT2D eigenvalue weighted by atomic mass is 10.1. The molecule has 0 aliphatic carbocycles. The molecule has 104 valence electrons. The van der Waals surface area contributed by atoms with Gasteiger partial charge in [0.1, 0.15) is 0 Å². The fourth-order valence-electron chi connectivity index (χ4n) is 3.12. The number of carbonyl (C=O) groups excluding carboxylic acids is 1. The van der Waals surface area contributed by atoms with Crippen molar-refractivity contribution in [3.8, 4) is 0 Å². The van der Waals surface area contributed by atoms with Crippen LogP contribution in [0, 0.1) is 0 Å². The summed E-state index contributed by atoms with van der Waals surface area (Å²) in [6, 6.07) is 0.701. The van der Waals surface area contributed by atoms with Gasteiger partial charge in [0.05, 0.1) is 6.42 Å². The molecule has 0 N–H and O–H groups in total. The maximum absolute atomic E-state index is 12.1. The molecule has 3 nitrogen and oxygen atoms in total. The Hall–Kier alpha value is -0.780. The lowest BCUT2D eigenvalue weighted by molar-refractivity contribution is -0.150. The molecule has 2 aliphatic heterocycles. The quantitative estimate of drug-likeness (QED) is 0.778. The van der Waals surface area contributed by atoms with Crippen LogP contribution in [0.15, 0.2) is 0 Å². The van der Waals surface area contributed by atoms with Gasteiger partial charge in [0.2, 0.25) is 5.91 Å². The molecule has 2 unspecified atom stereocenters. The molecule has 6 heteroatoms. The molecule has 2 heterocycles. The van der Waals surface area contributed by atoms with E-state index in [0.717, 1.165) is 19.4 Å². The number of alkyl halides is 3. The van der Waals surface area contributed by atoms with E-state index in [-0.39, 0.29) is 5.91 Å². The third kappa shape index (κ3) is 2.96. The summed E-state index contributed by atoms with van der Waals surface area (Å²) in [5, 5.41) is 0. The van der Waals surface area contributed by atoms with Gasteiger partial charge in [-0.05, 0) is 19.4 Å². The van der Waals surface area contributed by atoms with Gasteiger partial charge in [-0.1, -0.05) is 6.92 Å². The fourth-order valence-corrected chi connectivity index (χ4v) is 3.12. The molecule has 0 saturated carbocycles. The molecule has 2 bridgehead atoms. The minimum absolute atomic E-state index is 0.347. The predicted octanol–water partition coefficient (Wildman–Crippen LogP) is 2.02. The van der Waals surface area contributed by atoms with Crippen LogP contribution in [0.5, 0.6) is 0 Å². The van der Waals surface area contributed by atoms with Gasteiger partial charge in [-0.2, -0.15) is 13.2 Å². The zero-order chi connectivity index (χ0) is 13.3. The van der Waals surface area contributed by atoms with Crippen LogP contribution in [0.2, 0.25) is 0 Å². The highest BCUT2D eigenvalue weighted by atomic mass is 19.4. The van der Waals surface area contributed by atoms with E-state index in [2.05, 4.69) is 11.8 Å². The average Bonchev–Trinajstić information content (AvgIpc) is 2.54. The highest BCUT2D eigenvalue weighted by Gasteiger charge is 2.40. The molecule has 0 aromatic heterocycles. The molecule has 0 spiro atoms. The second-order valence-electron chi connectivity index (χ2n) is 5.13. The van der Waals surface area contributed by atoms with Gasteiger partial charge in [0.25, 0.3) is 0 Å². The summed E-state index contributed by atoms with van der Waals surface area (Å²) < 4.78 is 36.3. The molecule has 0 aromatic rings. The zero-order valence-corrected chi connectivity index (χ0v) is 10.5. The standard InChI is InChI=1S/C12H19F3N2O/c1-2-17-9-3-4-10(17)8-16(7-9)11(18)5-6-12(13,14)15/h9-10H,2-8H2,1H3. The largest absolute Gasteiger partial charge is 0.389 e. The molecule has 2 atom stereocenters. The Labute approximate surface area is 105 Å². The summed E-state index contributed by atoms with van der Waals surface area (Å²) in [5.74, 6) is -0.347. The number of likely N-dealkylation sites (N-methyl/N-ethyl adjacent to an activating group) is 1. The fraction of sp³-hybridized carbons (Fsp3) is 0.917. The lowest BCUT2D eigenvalue weighted by Gasteiger charge is -2.40. The molecule has 0 radical (unpaired) electrons. The van der Waals surface area contributed by atoms with Gasteiger partial charge < -0.3 is 4.90 Å². The van der Waals surface area contributed by atoms with Crippen LogP contribution in [-0.4, -0.2) is 53.6 Å². The molecule has 2 rings (SSSR count). The first-order chi connectivity index (χ1) is 8.40. The number of halogens is 3. The van der Waals surface area contributed by atoms with Crippen LogP contribution in [0.3, 0.4) is 0 Å². The van der Waals surface area contributed by atoms with E-state index in [4.69, 9.17) is 0 Å². The van der Waals surface area contributed by atoms with Crippen molar-refractivity contribution in [3.05, 3.63) is 0 Å². The van der Waals surface area contributed by atoms with Crippen molar-refractivity contribution < 1.29 is 18.0 Å². The molecule has 18 heavy (non-hydrogen) atoms. The maximum Gasteiger partial charge on any atom is 0.389 e. The van der Waals surface area contributed by atoms with Crippen molar-refractivity contribution >= 4 is 5.91 Å². The van der Waals surface area contributed by atoms with Crippen molar-refractivity contribution in [2.45, 2.75) is 50.9 Å². The van der Waals surface area contributed by atoms with E-state index in [9.17, 15) is 18.0 Å². The molecule has 2 aliphatic rings. The lowest BCUT2D eigenvalue weighted by Crippen LogP contribution is -2.55. The number of hydrogen-bond donors (Lipinski definition) is 0. The predicted molar refractivity (Wildman–Crippen MR) is 61.1 cm³/mol. The number of carbonyl (C=O) groups is 1. The summed E-state index contributed by atoms with van der Waals surface area (Å²) in [6.45, 7) is 4.24. The third-order valence-corrected chi connectivity index (χ3v) is 3.97. The second-order valence-corrected chi connectivity index (χ2v) is 5.13. The number of amides is 1. The smallest absolute Gasteiger partial charge is 0.340 e. The summed E-state index contributed by atoms with van der Waals surface area (Å²) in [5.41, 5.74) is 0. The van der Waals surface area contributed by atoms with E-state index in [1.54, 1.807) is 4.90 Å². The maximum atomic E-state index is 12.1. The van der Waals surface area contributed by atoms with Gasteiger partial charge in [-0.25, -0.2) is 0 Å². The number of piperazine rings is 1. The van der Waals surface area contributed by atoms with Gasteiger partial charge in [0, 0.05) is 31.6 Å². The van der Waals surface area contributed by atoms with Crippen molar-refractivity contribution in [3.63, 3.8) is 0 Å². The zero-order valence-electron chi connectivity index (χ0n) is 10.5. The first-order valence-corrected chi connectivity index (χ1v) is 6.51. The van der Waals surface area contributed by atoms with Crippen molar-refractivity contribution in [1.29, 1.82) is 0 Å². The van der Waals surface area contributed by atoms with Crippen LogP contribution >= 0.6 is 0 Å². The molecule has 1 amide bonds. The Bertz CT molecular complexity index is 305. The number of likely N-dealkylation sites (tertiary alicyclic amines) is 1. The minimum Gasteiger partial charge on any atom is -0.340 e. The van der Waals surface area contributed by atoms with Gasteiger partial charge in [-0.3, -0.25) is 9.69 Å². The number of fused-ring (bicyclic) bond motifs is 2. The first-order valence-electron chi connectivity index (χ1n) is 6.51. The molecule has 0 aromatic carbocycles. The Morgan fingerprint density at radius 1 is 1.22 bits per heavy atom. The molecule has 2 fully saturated rings. The molecule has 2 saturated heterocycles. The highest BCUT2D eigenvalue weighted by molar-refractivity contribution is 5.76. The van der Waals surface area contributed by atoms with Gasteiger partial charge >= 0.3 is 6.18 Å². The Kier molecular flexibility index (Phi) is 3.84. The first kappa shape index (κ1) is 13.6. The molecular weight excluding hydrogens is 245 g/mol. The van der Waals surface area contributed by atoms with Crippen molar-refractivity contribution in [2.75, 3.05) is 19.6 Å². The summed E-state index contributed by atoms with van der Waals surface area (Å²) in [4.78, 5) is 15.8. The summed E-state index contributed by atoms with van der Waals surface area (Å²) >= 11 is 0. The number of rotatable bonds is 3. The van der Waals surface area contributed by atoms with E-state index in [0.29, 0.717) is 25.2 Å². The summed E-state index contributed by atoms with van der Waals surface area (Å²) in [7, 11) is 0. The van der Waals surface area contributed by atoms with E-state index in [1.807, 2.05) is 0 Å². The third-order valence-electron chi connectivity index (χ3n) is 3.97. The monoisotopic (exact) mass is 264 g/mol. The normalized spacial score (nSPS) is 28.8. The Morgan fingerprint density at radius 3 is 2.22 bits per heavy atom. The number of nitrogens with zero attached hydrogens (tertiary/aromatic N) is 2. The van der Waals surface area contributed by atoms with Gasteiger partial charge in [0.15, 0.2) is 0 Å². The van der Waals surface area contributed by atoms with E-state index < -0.39 is 19.0 Å². The topological polar surface area (TPSA) is 23.6 Å². The highest BCUT2D eigenvalue weighted by Crippen LogP contribution is 2.30. The average molecular weight is 264 g/mol. The van der Waals surface area contributed by atoms with E-state index >= 15 is 0 Å². The van der Waals surface area contributed by atoms with Crippen molar-refractivity contribution in [1.82, 2.24) is 9.80 Å².